The Morgan fingerprint density at radius 1 is 1.11 bits per heavy atom. The van der Waals surface area contributed by atoms with Gasteiger partial charge in [0.05, 0.1) is 11.5 Å². The van der Waals surface area contributed by atoms with Crippen molar-refractivity contribution in [3.05, 3.63) is 51.7 Å². The Kier molecular flexibility index (Phi) is 8.19. The Hall–Kier alpha value is -1.51. The Morgan fingerprint density at radius 2 is 1.78 bits per heavy atom. The van der Waals surface area contributed by atoms with Gasteiger partial charge in [-0.15, -0.1) is 11.3 Å². The van der Waals surface area contributed by atoms with Crippen molar-refractivity contribution >= 4 is 11.3 Å². The molecule has 150 valence electrons. The van der Waals surface area contributed by atoms with Crippen LogP contribution in [0.3, 0.4) is 0 Å². The van der Waals surface area contributed by atoms with Crippen LogP contribution in [0.15, 0.2) is 35.7 Å². The molecule has 1 aromatic carbocycles. The number of alkyl halides is 1. The van der Waals surface area contributed by atoms with E-state index in [1.165, 1.54) is 16.9 Å². The van der Waals surface area contributed by atoms with Gasteiger partial charge < -0.3 is 24.8 Å². The van der Waals surface area contributed by atoms with E-state index in [-0.39, 0.29) is 0 Å². The van der Waals surface area contributed by atoms with Crippen LogP contribution in [0, 0.1) is 6.92 Å². The van der Waals surface area contributed by atoms with E-state index in [1.54, 1.807) is 6.07 Å². The highest BCUT2D eigenvalue weighted by molar-refractivity contribution is 7.10. The van der Waals surface area contributed by atoms with E-state index in [9.17, 15) is 14.6 Å². The third kappa shape index (κ3) is 5.27. The third-order valence-electron chi connectivity index (χ3n) is 4.23. The van der Waals surface area contributed by atoms with Gasteiger partial charge in [-0.05, 0) is 23.9 Å². The second kappa shape index (κ2) is 10.1. The van der Waals surface area contributed by atoms with Crippen LogP contribution in [0.2, 0.25) is 0 Å². The minimum atomic E-state index is -1.87. The van der Waals surface area contributed by atoms with Crippen LogP contribution in [0.5, 0.6) is 5.75 Å². The summed E-state index contributed by atoms with van der Waals surface area (Å²) in [6.45, 7) is 5.41. The van der Waals surface area contributed by atoms with Crippen LogP contribution >= 0.6 is 11.3 Å². The summed E-state index contributed by atoms with van der Waals surface area (Å²) < 4.78 is 24.8. The zero-order valence-corrected chi connectivity index (χ0v) is 16.5. The molecule has 5 atom stereocenters. The fourth-order valence-electron chi connectivity index (χ4n) is 2.72. The molecule has 3 rings (SSSR count). The lowest BCUT2D eigenvalue weighted by Crippen LogP contribution is -2.58. The average molecular weight is 398 g/mol. The molecule has 1 aliphatic rings. The Labute approximate surface area is 163 Å². The van der Waals surface area contributed by atoms with Crippen LogP contribution in [0.4, 0.5) is 4.39 Å². The van der Waals surface area contributed by atoms with Gasteiger partial charge in [0.25, 0.3) is 0 Å². The summed E-state index contributed by atoms with van der Waals surface area (Å²) in [7, 11) is 0. The molecule has 1 aromatic heterocycles. The lowest BCUT2D eigenvalue weighted by atomic mass is 10.0. The Bertz CT molecular complexity index is 688. The van der Waals surface area contributed by atoms with Crippen molar-refractivity contribution < 1.29 is 29.2 Å². The fraction of sp³-hybridized carbons (Fsp3) is 0.500. The molecular weight excluding hydrogens is 371 g/mol. The van der Waals surface area contributed by atoms with Crippen molar-refractivity contribution in [3.63, 3.8) is 0 Å². The summed E-state index contributed by atoms with van der Waals surface area (Å²) in [6, 6.07) is 9.86. The van der Waals surface area contributed by atoms with E-state index in [0.717, 1.165) is 10.4 Å². The van der Waals surface area contributed by atoms with Crippen molar-refractivity contribution in [3.8, 4) is 5.75 Å². The minimum absolute atomic E-state index is 0.510. The number of rotatable bonds is 5. The third-order valence-corrected chi connectivity index (χ3v) is 5.13. The van der Waals surface area contributed by atoms with E-state index in [4.69, 9.17) is 14.6 Å². The SMILES string of the molecule is CC.Cc1ccc(Cc2sccc2OC2OC(CO)C(F)C(O)C2O)cc1. The van der Waals surface area contributed by atoms with E-state index in [0.29, 0.717) is 12.2 Å². The summed E-state index contributed by atoms with van der Waals surface area (Å²) >= 11 is 1.50. The van der Waals surface area contributed by atoms with Gasteiger partial charge in [0, 0.05) is 6.42 Å². The predicted molar refractivity (Wildman–Crippen MR) is 103 cm³/mol. The first-order valence-corrected chi connectivity index (χ1v) is 9.92. The molecule has 5 unspecified atom stereocenters. The van der Waals surface area contributed by atoms with E-state index < -0.39 is 37.4 Å². The summed E-state index contributed by atoms with van der Waals surface area (Å²) in [5, 5.41) is 30.8. The molecule has 0 spiro atoms. The smallest absolute Gasteiger partial charge is 0.229 e. The molecule has 0 saturated carbocycles. The number of hydrogen-bond acceptors (Lipinski definition) is 6. The Morgan fingerprint density at radius 3 is 2.41 bits per heavy atom. The fourth-order valence-corrected chi connectivity index (χ4v) is 3.56. The average Bonchev–Trinajstić information content (AvgIpc) is 3.12. The summed E-state index contributed by atoms with van der Waals surface area (Å²) in [5.74, 6) is 0.510. The highest BCUT2D eigenvalue weighted by atomic mass is 32.1. The van der Waals surface area contributed by atoms with E-state index >= 15 is 0 Å². The lowest BCUT2D eigenvalue weighted by molar-refractivity contribution is -0.265. The number of hydrogen-bond donors (Lipinski definition) is 3. The van der Waals surface area contributed by atoms with Gasteiger partial charge in [-0.25, -0.2) is 4.39 Å². The number of aliphatic hydroxyl groups excluding tert-OH is 3. The monoisotopic (exact) mass is 398 g/mol. The predicted octanol–water partition coefficient (Wildman–Crippen LogP) is 2.83. The van der Waals surface area contributed by atoms with Gasteiger partial charge in [-0.3, -0.25) is 0 Å². The molecule has 1 fully saturated rings. The van der Waals surface area contributed by atoms with E-state index in [2.05, 4.69) is 0 Å². The van der Waals surface area contributed by atoms with Crippen molar-refractivity contribution in [2.75, 3.05) is 6.61 Å². The summed E-state index contributed by atoms with van der Waals surface area (Å²) in [6.07, 6.45) is -6.91. The van der Waals surface area contributed by atoms with Crippen molar-refractivity contribution in [1.82, 2.24) is 0 Å². The molecule has 0 aliphatic carbocycles. The van der Waals surface area contributed by atoms with E-state index in [1.807, 2.05) is 50.4 Å². The zero-order valence-electron chi connectivity index (χ0n) is 15.7. The second-order valence-corrected chi connectivity index (χ2v) is 7.14. The number of benzene rings is 1. The highest BCUT2D eigenvalue weighted by Crippen LogP contribution is 2.32. The van der Waals surface area contributed by atoms with Crippen molar-refractivity contribution in [2.24, 2.45) is 0 Å². The quantitative estimate of drug-likeness (QED) is 0.722. The van der Waals surface area contributed by atoms with Crippen molar-refractivity contribution in [1.29, 1.82) is 0 Å². The van der Waals surface area contributed by atoms with Crippen molar-refractivity contribution in [2.45, 2.75) is 58.0 Å². The van der Waals surface area contributed by atoms with Gasteiger partial charge in [0.2, 0.25) is 6.29 Å². The highest BCUT2D eigenvalue weighted by Gasteiger charge is 2.46. The first-order valence-electron chi connectivity index (χ1n) is 9.04. The van der Waals surface area contributed by atoms with Gasteiger partial charge in [0.1, 0.15) is 24.1 Å². The molecular formula is C20H27FO5S. The minimum Gasteiger partial charge on any atom is -0.461 e. The first-order chi connectivity index (χ1) is 13.0. The second-order valence-electron chi connectivity index (χ2n) is 6.14. The molecule has 0 bridgehead atoms. The molecule has 3 N–H and O–H groups in total. The molecule has 0 amide bonds. The largest absolute Gasteiger partial charge is 0.461 e. The number of thiophene rings is 1. The molecule has 0 radical (unpaired) electrons. The van der Waals surface area contributed by atoms with Gasteiger partial charge in [-0.1, -0.05) is 43.7 Å². The van der Waals surface area contributed by atoms with Crippen LogP contribution in [-0.2, 0) is 11.2 Å². The Balaban J connectivity index is 0.00000126. The van der Waals surface area contributed by atoms with Crippen LogP contribution in [-0.4, -0.2) is 52.7 Å². The molecule has 2 aromatic rings. The van der Waals surface area contributed by atoms with Gasteiger partial charge in [0.15, 0.2) is 6.17 Å². The number of aryl methyl sites for hydroxylation is 1. The normalized spacial score (nSPS) is 27.6. The summed E-state index contributed by atoms with van der Waals surface area (Å²) in [5.41, 5.74) is 2.29. The van der Waals surface area contributed by atoms with Gasteiger partial charge in [-0.2, -0.15) is 0 Å². The maximum Gasteiger partial charge on any atom is 0.229 e. The molecule has 5 nitrogen and oxygen atoms in total. The van der Waals surface area contributed by atoms with Crippen LogP contribution < -0.4 is 4.74 Å². The molecule has 7 heteroatoms. The number of halogens is 1. The molecule has 2 heterocycles. The van der Waals surface area contributed by atoms with Crippen LogP contribution in [0.25, 0.3) is 0 Å². The molecule has 27 heavy (non-hydrogen) atoms. The topological polar surface area (TPSA) is 79.2 Å². The maximum absolute atomic E-state index is 13.8. The molecule has 1 saturated heterocycles. The standard InChI is InChI=1S/C18H21FO5S.C2H6/c1-10-2-4-11(5-3-10)8-14-12(6-7-25-14)23-18-17(22)16(21)15(19)13(9-20)24-18;1-2/h2-7,13,15-18,20-22H,8-9H2,1H3;1-2H3. The number of ether oxygens (including phenoxy) is 2. The van der Waals surface area contributed by atoms with Gasteiger partial charge >= 0.3 is 0 Å². The maximum atomic E-state index is 13.8. The molecule has 1 aliphatic heterocycles. The zero-order chi connectivity index (χ0) is 20.0. The number of aliphatic hydroxyl groups is 3. The van der Waals surface area contributed by atoms with Crippen LogP contribution in [0.1, 0.15) is 29.9 Å². The lowest BCUT2D eigenvalue weighted by Gasteiger charge is -2.38. The first kappa shape index (κ1) is 21.8. The summed E-state index contributed by atoms with van der Waals surface area (Å²) in [4.78, 5) is 0.928.